The van der Waals surface area contributed by atoms with Crippen LogP contribution in [-0.2, 0) is 11.3 Å². The number of para-hydroxylation sites is 2. The molecule has 3 rings (SSSR count). The number of rotatable bonds is 13. The van der Waals surface area contributed by atoms with Gasteiger partial charge in [-0.15, -0.1) is 0 Å². The van der Waals surface area contributed by atoms with E-state index in [1.54, 1.807) is 0 Å². The number of benzene rings is 1. The van der Waals surface area contributed by atoms with Gasteiger partial charge in [0.1, 0.15) is 16.9 Å². The SMILES string of the molecule is CCCCCCCCOC(=O)c1c(N)n(CCCCCC)c2nc3ccccc3nc12. The summed E-state index contributed by atoms with van der Waals surface area (Å²) in [6, 6.07) is 7.70. The molecular formula is C25H36N4O2. The van der Waals surface area contributed by atoms with Crippen LogP contribution in [0.25, 0.3) is 22.2 Å². The minimum absolute atomic E-state index is 0.356. The summed E-state index contributed by atoms with van der Waals surface area (Å²) in [6.45, 7) is 5.53. The lowest BCUT2D eigenvalue weighted by molar-refractivity contribution is 0.0501. The third-order valence-corrected chi connectivity index (χ3v) is 5.76. The summed E-state index contributed by atoms with van der Waals surface area (Å²) in [6.07, 6.45) is 11.3. The quantitative estimate of drug-likeness (QED) is 0.258. The largest absolute Gasteiger partial charge is 0.462 e. The summed E-state index contributed by atoms with van der Waals surface area (Å²) >= 11 is 0. The van der Waals surface area contributed by atoms with Gasteiger partial charge in [-0.2, -0.15) is 0 Å². The van der Waals surface area contributed by atoms with Crippen molar-refractivity contribution in [2.45, 2.75) is 84.6 Å². The maximum atomic E-state index is 13.0. The van der Waals surface area contributed by atoms with Crippen molar-refractivity contribution >= 4 is 34.0 Å². The highest BCUT2D eigenvalue weighted by Crippen LogP contribution is 2.29. The molecule has 2 N–H and O–H groups in total. The van der Waals surface area contributed by atoms with Crippen LogP contribution in [0.1, 0.15) is 88.4 Å². The summed E-state index contributed by atoms with van der Waals surface area (Å²) in [4.78, 5) is 22.5. The highest BCUT2D eigenvalue weighted by Gasteiger charge is 2.24. The summed E-state index contributed by atoms with van der Waals surface area (Å²) in [5, 5.41) is 0. The molecule has 6 nitrogen and oxygen atoms in total. The molecule has 2 aromatic heterocycles. The van der Waals surface area contributed by atoms with Crippen molar-refractivity contribution < 1.29 is 9.53 Å². The van der Waals surface area contributed by atoms with Gasteiger partial charge in [0.15, 0.2) is 5.65 Å². The van der Waals surface area contributed by atoms with Crippen LogP contribution in [0.2, 0.25) is 0 Å². The molecule has 0 amide bonds. The van der Waals surface area contributed by atoms with Crippen molar-refractivity contribution in [3.63, 3.8) is 0 Å². The molecule has 0 bridgehead atoms. The van der Waals surface area contributed by atoms with E-state index >= 15 is 0 Å². The summed E-state index contributed by atoms with van der Waals surface area (Å²) in [7, 11) is 0. The second-order valence-electron chi connectivity index (χ2n) is 8.26. The van der Waals surface area contributed by atoms with Crippen molar-refractivity contribution in [3.8, 4) is 0 Å². The molecule has 3 aromatic rings. The third-order valence-electron chi connectivity index (χ3n) is 5.76. The standard InChI is InChI=1S/C25H36N4O2/c1-3-5-7-9-10-14-18-31-25(30)21-22-24(28-20-16-12-11-15-19(20)27-22)29(23(21)26)17-13-8-6-4-2/h11-12,15-16H,3-10,13-14,17-18,26H2,1-2H3. The molecule has 0 aliphatic carbocycles. The first-order chi connectivity index (χ1) is 15.2. The number of nitrogen functional groups attached to an aromatic ring is 1. The molecule has 2 heterocycles. The molecule has 0 saturated heterocycles. The zero-order valence-corrected chi connectivity index (χ0v) is 19.0. The number of fused-ring (bicyclic) bond motifs is 2. The van der Waals surface area contributed by atoms with E-state index in [1.807, 2.05) is 28.8 Å². The average Bonchev–Trinajstić information content (AvgIpc) is 3.04. The van der Waals surface area contributed by atoms with Gasteiger partial charge < -0.3 is 15.0 Å². The van der Waals surface area contributed by atoms with Crippen LogP contribution in [0.5, 0.6) is 0 Å². The van der Waals surface area contributed by atoms with Crippen LogP contribution in [-0.4, -0.2) is 27.1 Å². The van der Waals surface area contributed by atoms with E-state index < -0.39 is 5.97 Å². The van der Waals surface area contributed by atoms with Crippen molar-refractivity contribution in [1.29, 1.82) is 0 Å². The number of esters is 1. The number of ether oxygens (including phenoxy) is 1. The first-order valence-corrected chi connectivity index (χ1v) is 11.9. The molecule has 0 spiro atoms. The van der Waals surface area contributed by atoms with Gasteiger partial charge in [-0.05, 0) is 25.0 Å². The van der Waals surface area contributed by atoms with Crippen LogP contribution in [0.3, 0.4) is 0 Å². The number of nitrogens with zero attached hydrogens (tertiary/aromatic N) is 3. The molecule has 0 aliphatic heterocycles. The van der Waals surface area contributed by atoms with Gasteiger partial charge in [-0.1, -0.05) is 77.3 Å². The Bertz CT molecular complexity index is 996. The Balaban J connectivity index is 1.81. The van der Waals surface area contributed by atoms with Crippen LogP contribution >= 0.6 is 0 Å². The number of hydrogen-bond donors (Lipinski definition) is 1. The molecular weight excluding hydrogens is 388 g/mol. The fourth-order valence-corrected chi connectivity index (χ4v) is 3.96. The van der Waals surface area contributed by atoms with Gasteiger partial charge in [-0.25, -0.2) is 14.8 Å². The predicted octanol–water partition coefficient (Wildman–Crippen LogP) is 6.26. The Labute approximate surface area is 185 Å². The highest BCUT2D eigenvalue weighted by atomic mass is 16.5. The van der Waals surface area contributed by atoms with E-state index in [2.05, 4.69) is 13.8 Å². The average molecular weight is 425 g/mol. The number of hydrogen-bond acceptors (Lipinski definition) is 5. The van der Waals surface area contributed by atoms with Gasteiger partial charge in [-0.3, -0.25) is 0 Å². The minimum Gasteiger partial charge on any atom is -0.462 e. The van der Waals surface area contributed by atoms with Gasteiger partial charge in [0, 0.05) is 6.54 Å². The summed E-state index contributed by atoms with van der Waals surface area (Å²) in [5.41, 5.74) is 9.58. The topological polar surface area (TPSA) is 83.0 Å². The molecule has 6 heteroatoms. The number of aryl methyl sites for hydroxylation is 1. The Morgan fingerprint density at radius 1 is 0.903 bits per heavy atom. The third kappa shape index (κ3) is 5.75. The molecule has 31 heavy (non-hydrogen) atoms. The monoisotopic (exact) mass is 424 g/mol. The molecule has 0 unspecified atom stereocenters. The lowest BCUT2D eigenvalue weighted by atomic mass is 10.1. The summed E-state index contributed by atoms with van der Waals surface area (Å²) < 4.78 is 7.53. The van der Waals surface area contributed by atoms with Crippen LogP contribution in [0.4, 0.5) is 5.82 Å². The Kier molecular flexibility index (Phi) is 8.68. The minimum atomic E-state index is -0.395. The van der Waals surface area contributed by atoms with Gasteiger partial charge in [0.2, 0.25) is 0 Å². The maximum absolute atomic E-state index is 13.0. The Morgan fingerprint density at radius 3 is 2.23 bits per heavy atom. The zero-order valence-electron chi connectivity index (χ0n) is 19.0. The van der Waals surface area contributed by atoms with E-state index in [9.17, 15) is 4.79 Å². The van der Waals surface area contributed by atoms with Crippen LogP contribution in [0.15, 0.2) is 24.3 Å². The number of carbonyl (C=O) groups is 1. The Hall–Kier alpha value is -2.63. The Morgan fingerprint density at radius 2 is 1.52 bits per heavy atom. The summed E-state index contributed by atoms with van der Waals surface area (Å²) in [5.74, 6) is 0.0164. The fraction of sp³-hybridized carbons (Fsp3) is 0.560. The van der Waals surface area contributed by atoms with Gasteiger partial charge in [0.25, 0.3) is 0 Å². The first kappa shape index (κ1) is 23.0. The molecule has 0 saturated carbocycles. The second-order valence-corrected chi connectivity index (χ2v) is 8.26. The van der Waals surface area contributed by atoms with E-state index in [0.29, 0.717) is 29.2 Å². The van der Waals surface area contributed by atoms with Crippen LogP contribution < -0.4 is 5.73 Å². The molecule has 0 atom stereocenters. The molecule has 0 fully saturated rings. The van der Waals surface area contributed by atoms with Crippen molar-refractivity contribution in [2.75, 3.05) is 12.3 Å². The lowest BCUT2D eigenvalue weighted by Crippen LogP contribution is -2.11. The smallest absolute Gasteiger partial charge is 0.344 e. The van der Waals surface area contributed by atoms with E-state index in [0.717, 1.165) is 43.3 Å². The fourth-order valence-electron chi connectivity index (χ4n) is 3.96. The van der Waals surface area contributed by atoms with E-state index in [1.165, 1.54) is 38.5 Å². The predicted molar refractivity (Wildman–Crippen MR) is 127 cm³/mol. The maximum Gasteiger partial charge on any atom is 0.344 e. The normalized spacial score (nSPS) is 11.4. The van der Waals surface area contributed by atoms with Crippen molar-refractivity contribution in [1.82, 2.24) is 14.5 Å². The van der Waals surface area contributed by atoms with Gasteiger partial charge >= 0.3 is 5.97 Å². The molecule has 0 radical (unpaired) electrons. The van der Waals surface area contributed by atoms with E-state index in [-0.39, 0.29) is 0 Å². The van der Waals surface area contributed by atoms with E-state index in [4.69, 9.17) is 20.4 Å². The molecule has 1 aromatic carbocycles. The number of aromatic nitrogens is 3. The lowest BCUT2D eigenvalue weighted by Gasteiger charge is -2.08. The first-order valence-electron chi connectivity index (χ1n) is 11.9. The second kappa shape index (κ2) is 11.7. The van der Waals surface area contributed by atoms with Gasteiger partial charge in [0.05, 0.1) is 17.6 Å². The molecule has 0 aliphatic rings. The molecule has 168 valence electrons. The zero-order chi connectivity index (χ0) is 22.1. The number of carbonyl (C=O) groups excluding carboxylic acids is 1. The van der Waals surface area contributed by atoms with Crippen molar-refractivity contribution in [2.24, 2.45) is 0 Å². The van der Waals surface area contributed by atoms with Crippen LogP contribution in [0, 0.1) is 0 Å². The number of unbranched alkanes of at least 4 members (excludes halogenated alkanes) is 8. The highest BCUT2D eigenvalue weighted by molar-refractivity contribution is 6.08. The van der Waals surface area contributed by atoms with Crippen molar-refractivity contribution in [3.05, 3.63) is 29.8 Å². The number of anilines is 1. The number of nitrogens with two attached hydrogens (primary N) is 1.